The van der Waals surface area contributed by atoms with Crippen LogP contribution in [0.3, 0.4) is 0 Å². The molecule has 1 aliphatic rings. The van der Waals surface area contributed by atoms with Crippen LogP contribution in [0.5, 0.6) is 0 Å². The van der Waals surface area contributed by atoms with E-state index in [1.165, 1.54) is 6.07 Å². The summed E-state index contributed by atoms with van der Waals surface area (Å²) >= 11 is 0. The number of aryl methyl sites for hydroxylation is 1. The van der Waals surface area contributed by atoms with Crippen molar-refractivity contribution < 1.29 is 36.6 Å². The minimum atomic E-state index is -4.94. The van der Waals surface area contributed by atoms with E-state index in [1.807, 2.05) is 0 Å². The summed E-state index contributed by atoms with van der Waals surface area (Å²) in [7, 11) is 0. The molecule has 0 aromatic heterocycles. The van der Waals surface area contributed by atoms with Crippen LogP contribution in [0.25, 0.3) is 0 Å². The molecule has 1 fully saturated rings. The number of halogens is 5. The fraction of sp³-hybridized carbons (Fsp3) is 0.500. The summed E-state index contributed by atoms with van der Waals surface area (Å²) in [4.78, 5) is 24.0. The highest BCUT2D eigenvalue weighted by molar-refractivity contribution is 5.81. The van der Waals surface area contributed by atoms with Crippen molar-refractivity contribution in [3.63, 3.8) is 0 Å². The molecule has 1 atom stereocenters. The number of carboxylic acid groups (broad SMARTS) is 1. The molecule has 0 radical (unpaired) electrons. The van der Waals surface area contributed by atoms with Crippen molar-refractivity contribution in [2.24, 2.45) is 5.41 Å². The lowest BCUT2D eigenvalue weighted by Gasteiger charge is -2.27. The van der Waals surface area contributed by atoms with E-state index in [0.717, 1.165) is 17.0 Å². The van der Waals surface area contributed by atoms with Crippen molar-refractivity contribution in [2.75, 3.05) is 13.1 Å². The predicted molar refractivity (Wildman–Crippen MR) is 76.6 cm³/mol. The van der Waals surface area contributed by atoms with Gasteiger partial charge >= 0.3 is 12.1 Å². The number of aliphatic carboxylic acids is 1. The Kier molecular flexibility index (Phi) is 5.34. The van der Waals surface area contributed by atoms with Crippen LogP contribution in [-0.2, 0) is 16.0 Å². The number of hydrogen-bond donors (Lipinski definition) is 1. The van der Waals surface area contributed by atoms with E-state index in [1.54, 1.807) is 0 Å². The second-order valence-electron chi connectivity index (χ2n) is 6.05. The highest BCUT2D eigenvalue weighted by Crippen LogP contribution is 2.45. The maximum atomic E-state index is 13.1. The summed E-state index contributed by atoms with van der Waals surface area (Å²) in [5, 5.41) is 8.95. The molecule has 138 valence electrons. The molecule has 0 bridgehead atoms. The molecule has 1 unspecified atom stereocenters. The molecule has 0 aliphatic carbocycles. The Morgan fingerprint density at radius 1 is 1.20 bits per heavy atom. The highest BCUT2D eigenvalue weighted by Gasteiger charge is 2.64. The third kappa shape index (κ3) is 3.91. The van der Waals surface area contributed by atoms with Gasteiger partial charge in [-0.05, 0) is 37.0 Å². The molecule has 1 amide bonds. The summed E-state index contributed by atoms with van der Waals surface area (Å²) in [5.41, 5.74) is -2.47. The molecule has 1 heterocycles. The van der Waals surface area contributed by atoms with Crippen molar-refractivity contribution in [3.05, 3.63) is 35.4 Å². The van der Waals surface area contributed by atoms with Crippen molar-refractivity contribution >= 4 is 11.9 Å². The molecule has 4 nitrogen and oxygen atoms in total. The van der Waals surface area contributed by atoms with Crippen molar-refractivity contribution in [1.29, 1.82) is 0 Å². The van der Waals surface area contributed by atoms with Crippen LogP contribution in [0, 0.1) is 17.0 Å². The second kappa shape index (κ2) is 6.97. The SMILES string of the molecule is O=C(CCCc1ccc(F)c(F)c1)N1CCC(C(=O)O)(C(F)(F)F)C1. The lowest BCUT2D eigenvalue weighted by molar-refractivity contribution is -0.227. The van der Waals surface area contributed by atoms with Gasteiger partial charge in [-0.15, -0.1) is 0 Å². The molecular formula is C16H16F5NO3. The minimum Gasteiger partial charge on any atom is -0.481 e. The highest BCUT2D eigenvalue weighted by atomic mass is 19.4. The quantitative estimate of drug-likeness (QED) is 0.816. The molecule has 0 saturated carbocycles. The van der Waals surface area contributed by atoms with E-state index >= 15 is 0 Å². The van der Waals surface area contributed by atoms with Gasteiger partial charge in [0.1, 0.15) is 0 Å². The van der Waals surface area contributed by atoms with E-state index in [4.69, 9.17) is 5.11 Å². The number of benzene rings is 1. The van der Waals surface area contributed by atoms with Crippen LogP contribution >= 0.6 is 0 Å². The van der Waals surface area contributed by atoms with Crippen LogP contribution in [-0.4, -0.2) is 41.1 Å². The number of likely N-dealkylation sites (tertiary alicyclic amines) is 1. The first-order valence-electron chi connectivity index (χ1n) is 7.59. The first-order valence-corrected chi connectivity index (χ1v) is 7.59. The molecule has 2 rings (SSSR count). The second-order valence-corrected chi connectivity index (χ2v) is 6.05. The Labute approximate surface area is 140 Å². The van der Waals surface area contributed by atoms with Gasteiger partial charge in [0.2, 0.25) is 5.91 Å². The molecule has 1 saturated heterocycles. The number of amides is 1. The third-order valence-corrected chi connectivity index (χ3v) is 4.41. The Morgan fingerprint density at radius 3 is 2.40 bits per heavy atom. The summed E-state index contributed by atoms with van der Waals surface area (Å²) in [6.45, 7) is -1.19. The maximum absolute atomic E-state index is 13.1. The molecule has 1 aliphatic heterocycles. The molecule has 25 heavy (non-hydrogen) atoms. The largest absolute Gasteiger partial charge is 0.481 e. The van der Waals surface area contributed by atoms with E-state index in [0.29, 0.717) is 5.56 Å². The third-order valence-electron chi connectivity index (χ3n) is 4.41. The van der Waals surface area contributed by atoms with Gasteiger partial charge in [0, 0.05) is 19.5 Å². The van der Waals surface area contributed by atoms with Gasteiger partial charge in [-0.3, -0.25) is 9.59 Å². The Hall–Kier alpha value is -2.19. The minimum absolute atomic E-state index is 0.105. The number of alkyl halides is 3. The van der Waals surface area contributed by atoms with Gasteiger partial charge in [-0.2, -0.15) is 13.2 Å². The Balaban J connectivity index is 1.91. The fourth-order valence-corrected chi connectivity index (χ4v) is 2.85. The van der Waals surface area contributed by atoms with Crippen LogP contribution in [0.15, 0.2) is 18.2 Å². The molecule has 1 aromatic carbocycles. The van der Waals surface area contributed by atoms with Crippen LogP contribution in [0.1, 0.15) is 24.8 Å². The normalized spacial score (nSPS) is 20.8. The Bertz CT molecular complexity index is 676. The maximum Gasteiger partial charge on any atom is 0.406 e. The zero-order valence-corrected chi connectivity index (χ0v) is 13.1. The standard InChI is InChI=1S/C16H16F5NO3/c17-11-5-4-10(8-12(11)18)2-1-3-13(23)22-7-6-15(9-22,14(24)25)16(19,20)21/h4-5,8H,1-3,6-7,9H2,(H,24,25). The first-order chi connectivity index (χ1) is 11.6. The van der Waals surface area contributed by atoms with Crippen molar-refractivity contribution in [2.45, 2.75) is 31.9 Å². The average Bonchev–Trinajstić information content (AvgIpc) is 2.97. The molecule has 1 N–H and O–H groups in total. The number of carbonyl (C=O) groups excluding carboxylic acids is 1. The lowest BCUT2D eigenvalue weighted by atomic mass is 9.86. The predicted octanol–water partition coefficient (Wildman–Crippen LogP) is 3.15. The molecule has 9 heteroatoms. The molecule has 0 spiro atoms. The van der Waals surface area contributed by atoms with Gasteiger partial charge in [-0.1, -0.05) is 6.07 Å². The van der Waals surface area contributed by atoms with E-state index in [-0.39, 0.29) is 25.8 Å². The number of carboxylic acids is 1. The Morgan fingerprint density at radius 2 is 1.88 bits per heavy atom. The van der Waals surface area contributed by atoms with Crippen LogP contribution < -0.4 is 0 Å². The van der Waals surface area contributed by atoms with Crippen LogP contribution in [0.2, 0.25) is 0 Å². The zero-order chi connectivity index (χ0) is 18.8. The van der Waals surface area contributed by atoms with Crippen molar-refractivity contribution in [3.8, 4) is 0 Å². The van der Waals surface area contributed by atoms with Gasteiger partial charge in [0.15, 0.2) is 17.0 Å². The lowest BCUT2D eigenvalue weighted by Crippen LogP contribution is -2.47. The fourth-order valence-electron chi connectivity index (χ4n) is 2.85. The summed E-state index contributed by atoms with van der Waals surface area (Å²) in [6, 6.07) is 3.31. The van der Waals surface area contributed by atoms with Gasteiger partial charge in [0.05, 0.1) is 0 Å². The topological polar surface area (TPSA) is 57.6 Å². The number of carbonyl (C=O) groups is 2. The first kappa shape index (κ1) is 19.1. The van der Waals surface area contributed by atoms with Gasteiger partial charge < -0.3 is 10.0 Å². The van der Waals surface area contributed by atoms with Crippen LogP contribution in [0.4, 0.5) is 22.0 Å². The summed E-state index contributed by atoms with van der Waals surface area (Å²) in [5.74, 6) is -4.58. The number of rotatable bonds is 5. The summed E-state index contributed by atoms with van der Waals surface area (Å²) < 4.78 is 65.1. The average molecular weight is 365 g/mol. The van der Waals surface area contributed by atoms with E-state index in [9.17, 15) is 31.5 Å². The van der Waals surface area contributed by atoms with E-state index < -0.39 is 48.1 Å². The monoisotopic (exact) mass is 365 g/mol. The van der Waals surface area contributed by atoms with E-state index in [2.05, 4.69) is 0 Å². The van der Waals surface area contributed by atoms with Crippen molar-refractivity contribution in [1.82, 2.24) is 4.90 Å². The number of hydrogen-bond acceptors (Lipinski definition) is 2. The zero-order valence-electron chi connectivity index (χ0n) is 13.1. The number of nitrogens with zero attached hydrogens (tertiary/aromatic N) is 1. The summed E-state index contributed by atoms with van der Waals surface area (Å²) in [6.07, 6.45) is -5.25. The molecule has 1 aromatic rings. The molecular weight excluding hydrogens is 349 g/mol. The van der Waals surface area contributed by atoms with Gasteiger partial charge in [0.25, 0.3) is 0 Å². The smallest absolute Gasteiger partial charge is 0.406 e. The van der Waals surface area contributed by atoms with Gasteiger partial charge in [-0.25, -0.2) is 8.78 Å².